The topological polar surface area (TPSA) is 26.1 Å². The van der Waals surface area contributed by atoms with Crippen LogP contribution in [0, 0.1) is 25.2 Å². The van der Waals surface area contributed by atoms with Gasteiger partial charge in [-0.25, -0.2) is 0 Å². The van der Waals surface area contributed by atoms with Crippen LogP contribution >= 0.6 is 50.5 Å². The molecular weight excluding hydrogens is 759 g/mol. The molecular formula is C33H58Br2Cl2N2Si2Ti-2. The standard InChI is InChI=1S/C16H31BrNSi.C16H24BrNSi.CH3.2ClH.Ti/c2*1-11-10-13-12(8-7-9-14(13)17)15(11)19(5,6)18-16(2,3)4;;;;/h11-15H,7-10H2,1-6H3;7-10,15,18H,1-6H3;1H3;2*1H;/q-1;;-1;;;+2/p-2. The molecule has 3 aliphatic carbocycles. The maximum absolute atomic E-state index is 5.31. The number of hydrogen-bond donors (Lipinski definition) is 1. The van der Waals surface area contributed by atoms with Gasteiger partial charge in [-0.05, 0) is 75.5 Å². The minimum absolute atomic E-state index is 0. The molecule has 6 unspecified atom stereocenters. The van der Waals surface area contributed by atoms with Gasteiger partial charge in [-0.1, -0.05) is 136 Å². The molecule has 2 fully saturated rings. The van der Waals surface area contributed by atoms with E-state index in [1.54, 1.807) is 0 Å². The molecule has 9 heteroatoms. The molecule has 0 spiro atoms. The van der Waals surface area contributed by atoms with Crippen molar-refractivity contribution >= 4 is 73.0 Å². The molecule has 0 bridgehead atoms. The summed E-state index contributed by atoms with van der Waals surface area (Å²) < 4.78 is 1.22. The number of fused-ring (bicyclic) bond motifs is 2. The molecule has 4 rings (SSSR count). The van der Waals surface area contributed by atoms with E-state index in [0.717, 1.165) is 28.1 Å². The summed E-state index contributed by atoms with van der Waals surface area (Å²) in [5.41, 5.74) is 6.13. The second kappa shape index (κ2) is 16.6. The van der Waals surface area contributed by atoms with Crippen LogP contribution in [-0.4, -0.2) is 32.4 Å². The molecule has 42 heavy (non-hydrogen) atoms. The Balaban J connectivity index is 0.000000376. The van der Waals surface area contributed by atoms with Gasteiger partial charge in [-0.2, -0.15) is 0 Å². The first-order chi connectivity index (χ1) is 18.6. The number of allylic oxidation sites excluding steroid dienone is 1. The van der Waals surface area contributed by atoms with Crippen LogP contribution in [0.4, 0.5) is 0 Å². The normalized spacial score (nSPS) is 27.3. The first-order valence-electron chi connectivity index (χ1n) is 15.3. The van der Waals surface area contributed by atoms with Crippen molar-refractivity contribution in [2.75, 3.05) is 0 Å². The van der Waals surface area contributed by atoms with Gasteiger partial charge in [0, 0.05) is 20.4 Å². The third-order valence-corrected chi connectivity index (χ3v) is 18.1. The molecule has 0 heterocycles. The predicted octanol–water partition coefficient (Wildman–Crippen LogP) is 12.9. The van der Waals surface area contributed by atoms with Crippen LogP contribution in [0.25, 0.3) is 11.1 Å². The average molecular weight is 818 g/mol. The van der Waals surface area contributed by atoms with Gasteiger partial charge in [0.25, 0.3) is 0 Å². The first kappa shape index (κ1) is 41.6. The third kappa shape index (κ3) is 11.4. The Hall–Kier alpha value is 1.57. The quantitative estimate of drug-likeness (QED) is 0.183. The zero-order chi connectivity index (χ0) is 31.6. The van der Waals surface area contributed by atoms with Crippen molar-refractivity contribution in [2.24, 2.45) is 17.8 Å². The maximum atomic E-state index is 5.31. The van der Waals surface area contributed by atoms with Crippen molar-refractivity contribution in [3.63, 3.8) is 0 Å². The predicted molar refractivity (Wildman–Crippen MR) is 201 cm³/mol. The Morgan fingerprint density at radius 2 is 1.57 bits per heavy atom. The van der Waals surface area contributed by atoms with Gasteiger partial charge in [-0.15, -0.1) is 5.54 Å². The van der Waals surface area contributed by atoms with E-state index in [-0.39, 0.29) is 18.5 Å². The van der Waals surface area contributed by atoms with E-state index in [0.29, 0.717) is 5.54 Å². The SMILES string of the molecule is CC1=Cc2c(Br)cccc2C1[Si](C)(C)NC(C)(C)C.CC1CC2C(Br)CCCC2C1[Si](C)(C)[N-]C(C)(C)C.[CH3-].[Cl][Ti][Cl]. The van der Waals surface area contributed by atoms with Gasteiger partial charge in [0.1, 0.15) is 8.24 Å². The molecule has 1 aromatic carbocycles. The Morgan fingerprint density at radius 1 is 1.00 bits per heavy atom. The average Bonchev–Trinajstić information content (AvgIpc) is 3.30. The number of rotatable bonds is 4. The van der Waals surface area contributed by atoms with Gasteiger partial charge < -0.3 is 17.4 Å². The molecule has 0 radical (unpaired) electrons. The second-order valence-corrected chi connectivity index (χ2v) is 28.8. The van der Waals surface area contributed by atoms with E-state index in [9.17, 15) is 0 Å². The summed E-state index contributed by atoms with van der Waals surface area (Å²) in [6.45, 7) is 28.3. The number of nitrogens with zero attached hydrogens (tertiary/aromatic N) is 1. The zero-order valence-corrected chi connectivity index (χ0v) is 36.8. The molecule has 1 N–H and O–H groups in total. The van der Waals surface area contributed by atoms with Crippen LogP contribution in [-0.2, 0) is 17.0 Å². The molecule has 2 saturated carbocycles. The number of alkyl halides is 1. The van der Waals surface area contributed by atoms with Crippen molar-refractivity contribution in [1.82, 2.24) is 4.98 Å². The third-order valence-electron chi connectivity index (χ3n) is 8.83. The molecule has 2 nitrogen and oxygen atoms in total. The summed E-state index contributed by atoms with van der Waals surface area (Å²) in [6, 6.07) is 6.58. The summed E-state index contributed by atoms with van der Waals surface area (Å²) in [5, 5.41) is 0. The van der Waals surface area contributed by atoms with Crippen LogP contribution in [0.5, 0.6) is 0 Å². The summed E-state index contributed by atoms with van der Waals surface area (Å²) in [7, 11) is 6.69. The zero-order valence-electron chi connectivity index (χ0n) is 28.6. The summed E-state index contributed by atoms with van der Waals surface area (Å²) in [4.78, 5) is 10.0. The van der Waals surface area contributed by atoms with E-state index in [1.807, 2.05) is 0 Å². The molecule has 0 saturated heterocycles. The van der Waals surface area contributed by atoms with Crippen LogP contribution in [0.15, 0.2) is 28.2 Å². The summed E-state index contributed by atoms with van der Waals surface area (Å²) in [5.74, 6) is 2.75. The monoisotopic (exact) mass is 814 g/mol. The van der Waals surface area contributed by atoms with Crippen molar-refractivity contribution in [2.45, 2.75) is 134 Å². The Morgan fingerprint density at radius 3 is 2.10 bits per heavy atom. The summed E-state index contributed by atoms with van der Waals surface area (Å²) >= 11 is 7.09. The fourth-order valence-electron chi connectivity index (χ4n) is 8.68. The molecule has 1 aromatic rings. The number of nitrogens with one attached hydrogen (secondary N) is 1. The van der Waals surface area contributed by atoms with Crippen molar-refractivity contribution < 1.29 is 17.0 Å². The van der Waals surface area contributed by atoms with Crippen LogP contribution < -0.4 is 4.98 Å². The van der Waals surface area contributed by atoms with E-state index in [4.69, 9.17) is 23.6 Å². The molecule has 3 aliphatic rings. The molecule has 0 aliphatic heterocycles. The van der Waals surface area contributed by atoms with E-state index in [2.05, 4.69) is 143 Å². The molecule has 242 valence electrons. The van der Waals surface area contributed by atoms with E-state index in [1.165, 1.54) is 46.9 Å². The van der Waals surface area contributed by atoms with Crippen molar-refractivity contribution in [3.05, 3.63) is 51.8 Å². The number of hydrogen-bond acceptors (Lipinski definition) is 1. The number of benzene rings is 1. The van der Waals surface area contributed by atoms with Crippen molar-refractivity contribution in [3.8, 4) is 0 Å². The Labute approximate surface area is 296 Å². The molecule has 0 aromatic heterocycles. The fourth-order valence-corrected chi connectivity index (χ4v) is 19.3. The van der Waals surface area contributed by atoms with E-state index < -0.39 is 33.5 Å². The molecule has 6 atom stereocenters. The first-order valence-corrected chi connectivity index (χ1v) is 27.4. The van der Waals surface area contributed by atoms with Crippen LogP contribution in [0.1, 0.15) is 97.7 Å². The van der Waals surface area contributed by atoms with Crippen LogP contribution in [0.2, 0.25) is 31.7 Å². The van der Waals surface area contributed by atoms with Gasteiger partial charge >= 0.3 is 35.6 Å². The van der Waals surface area contributed by atoms with Gasteiger partial charge in [0.2, 0.25) is 0 Å². The van der Waals surface area contributed by atoms with Gasteiger partial charge in [0.15, 0.2) is 0 Å². The summed E-state index contributed by atoms with van der Waals surface area (Å²) in [6.07, 6.45) is 8.04. The Bertz CT molecular complexity index is 1040. The number of halogens is 4. The second-order valence-electron chi connectivity index (χ2n) is 15.7. The van der Waals surface area contributed by atoms with Crippen molar-refractivity contribution in [1.29, 1.82) is 0 Å². The Kier molecular flexibility index (Phi) is 16.4. The fraction of sp³-hybridized carbons (Fsp3) is 0.727. The van der Waals surface area contributed by atoms with Gasteiger partial charge in [-0.3, -0.25) is 0 Å². The van der Waals surface area contributed by atoms with E-state index >= 15 is 0 Å². The van der Waals surface area contributed by atoms with Gasteiger partial charge in [0.05, 0.1) is 0 Å². The minimum atomic E-state index is -1.58. The van der Waals surface area contributed by atoms with Crippen LogP contribution in [0.3, 0.4) is 0 Å². The molecule has 0 amide bonds.